The Balaban J connectivity index is 2.34. The number of rotatable bonds is 3. The lowest BCUT2D eigenvalue weighted by Crippen LogP contribution is -2.03. The van der Waals surface area contributed by atoms with Crippen LogP contribution >= 0.6 is 11.6 Å². The monoisotopic (exact) mass is 297 g/mol. The van der Waals surface area contributed by atoms with Crippen LogP contribution in [-0.4, -0.2) is 4.21 Å². The summed E-state index contributed by atoms with van der Waals surface area (Å²) in [5, 5.41) is 0.277. The first-order chi connectivity index (χ1) is 8.99. The van der Waals surface area contributed by atoms with E-state index in [2.05, 4.69) is 0 Å². The van der Waals surface area contributed by atoms with Gasteiger partial charge in [-0.05, 0) is 36.8 Å². The minimum atomic E-state index is -1.43. The number of aryl methyl sites for hydroxylation is 1. The van der Waals surface area contributed by atoms with Crippen molar-refractivity contribution in [2.45, 2.75) is 17.6 Å². The lowest BCUT2D eigenvalue weighted by Gasteiger charge is -2.09. The van der Waals surface area contributed by atoms with Crippen molar-refractivity contribution in [3.05, 3.63) is 58.4 Å². The molecule has 0 heterocycles. The van der Waals surface area contributed by atoms with E-state index in [1.807, 2.05) is 13.0 Å². The van der Waals surface area contributed by atoms with Crippen LogP contribution in [0.3, 0.4) is 0 Å². The molecule has 0 amide bonds. The molecule has 1 unspecified atom stereocenters. The lowest BCUT2D eigenvalue weighted by molar-refractivity contribution is 0.615. The predicted molar refractivity (Wildman–Crippen MR) is 77.1 cm³/mol. The third kappa shape index (κ3) is 3.14. The summed E-state index contributed by atoms with van der Waals surface area (Å²) in [6.07, 6.45) is 0. The predicted octanol–water partition coefficient (Wildman–Crippen LogP) is 3.68. The number of nitrogens with two attached hydrogens (primary N) is 1. The molecule has 0 spiro atoms. The highest BCUT2D eigenvalue weighted by atomic mass is 35.5. The molecule has 100 valence electrons. The fraction of sp³-hybridized carbons (Fsp3) is 0.143. The van der Waals surface area contributed by atoms with Crippen molar-refractivity contribution in [3.63, 3.8) is 0 Å². The van der Waals surface area contributed by atoms with E-state index >= 15 is 0 Å². The van der Waals surface area contributed by atoms with Gasteiger partial charge in [-0.3, -0.25) is 4.21 Å². The summed E-state index contributed by atoms with van der Waals surface area (Å²) in [5.41, 5.74) is 7.45. The summed E-state index contributed by atoms with van der Waals surface area (Å²) < 4.78 is 26.0. The second-order valence-corrected chi connectivity index (χ2v) is 6.06. The molecule has 0 bridgehead atoms. The zero-order chi connectivity index (χ0) is 14.0. The van der Waals surface area contributed by atoms with Crippen LogP contribution in [0.1, 0.15) is 11.1 Å². The van der Waals surface area contributed by atoms with Gasteiger partial charge in [-0.2, -0.15) is 0 Å². The zero-order valence-corrected chi connectivity index (χ0v) is 11.9. The van der Waals surface area contributed by atoms with Gasteiger partial charge in [0.05, 0.1) is 21.4 Å². The highest BCUT2D eigenvalue weighted by Crippen LogP contribution is 2.25. The molecule has 0 radical (unpaired) electrons. The molecule has 2 aromatic carbocycles. The van der Waals surface area contributed by atoms with E-state index in [-0.39, 0.29) is 16.3 Å². The molecule has 0 aromatic heterocycles. The number of nitrogen functional groups attached to an aromatic ring is 1. The lowest BCUT2D eigenvalue weighted by atomic mass is 10.2. The minimum Gasteiger partial charge on any atom is -0.398 e. The topological polar surface area (TPSA) is 43.1 Å². The second-order valence-electron chi connectivity index (χ2n) is 4.23. The second kappa shape index (κ2) is 5.72. The molecule has 1 atom stereocenters. The van der Waals surface area contributed by atoms with Gasteiger partial charge in [-0.25, -0.2) is 4.39 Å². The fourth-order valence-corrected chi connectivity index (χ4v) is 3.39. The summed E-state index contributed by atoms with van der Waals surface area (Å²) in [4.78, 5) is 0.513. The van der Waals surface area contributed by atoms with Crippen LogP contribution in [0.25, 0.3) is 0 Å². The Bertz CT molecular complexity index is 625. The summed E-state index contributed by atoms with van der Waals surface area (Å²) in [6, 6.07) is 9.69. The van der Waals surface area contributed by atoms with Crippen molar-refractivity contribution < 1.29 is 8.60 Å². The summed E-state index contributed by atoms with van der Waals surface area (Å²) in [7, 11) is -1.43. The van der Waals surface area contributed by atoms with Crippen molar-refractivity contribution in [2.75, 3.05) is 5.73 Å². The molecule has 2 N–H and O–H groups in total. The standard InChI is InChI=1S/C14H13ClFNOS/c1-9-5-6-13(17)14(7-9)19(18)8-10-11(15)3-2-4-12(10)16/h2-7H,8,17H2,1H3. The summed E-state index contributed by atoms with van der Waals surface area (Å²) >= 11 is 5.93. The summed E-state index contributed by atoms with van der Waals surface area (Å²) in [6.45, 7) is 1.89. The Morgan fingerprint density at radius 1 is 1.32 bits per heavy atom. The number of hydrogen-bond donors (Lipinski definition) is 1. The molecule has 2 rings (SSSR count). The fourth-order valence-electron chi connectivity index (χ4n) is 1.72. The third-order valence-electron chi connectivity index (χ3n) is 2.75. The molecule has 0 fully saturated rings. The molecular weight excluding hydrogens is 285 g/mol. The molecule has 0 aliphatic heterocycles. The van der Waals surface area contributed by atoms with E-state index in [4.69, 9.17) is 17.3 Å². The largest absolute Gasteiger partial charge is 0.398 e. The molecule has 5 heteroatoms. The maximum Gasteiger partial charge on any atom is 0.128 e. The number of hydrogen-bond acceptors (Lipinski definition) is 2. The van der Waals surface area contributed by atoms with Crippen LogP contribution < -0.4 is 5.73 Å². The number of anilines is 1. The van der Waals surface area contributed by atoms with E-state index in [0.717, 1.165) is 5.56 Å². The van der Waals surface area contributed by atoms with Crippen molar-refractivity contribution >= 4 is 28.1 Å². The van der Waals surface area contributed by atoms with Gasteiger partial charge in [0.15, 0.2) is 0 Å². The van der Waals surface area contributed by atoms with Crippen molar-refractivity contribution in [1.82, 2.24) is 0 Å². The van der Waals surface area contributed by atoms with E-state index < -0.39 is 16.6 Å². The normalized spacial score (nSPS) is 12.4. The van der Waals surface area contributed by atoms with Gasteiger partial charge in [0, 0.05) is 16.3 Å². The van der Waals surface area contributed by atoms with Gasteiger partial charge in [0.25, 0.3) is 0 Å². The first-order valence-corrected chi connectivity index (χ1v) is 7.36. The molecule has 0 aliphatic rings. The average molecular weight is 298 g/mol. The van der Waals surface area contributed by atoms with Gasteiger partial charge in [-0.1, -0.05) is 23.7 Å². The van der Waals surface area contributed by atoms with Crippen molar-refractivity contribution in [2.24, 2.45) is 0 Å². The number of halogens is 2. The molecule has 0 saturated heterocycles. The van der Waals surface area contributed by atoms with Gasteiger partial charge in [0.1, 0.15) is 5.82 Å². The van der Waals surface area contributed by atoms with Gasteiger partial charge in [-0.15, -0.1) is 0 Å². The average Bonchev–Trinajstić information content (AvgIpc) is 2.37. The molecule has 2 aromatic rings. The van der Waals surface area contributed by atoms with Crippen LogP contribution in [-0.2, 0) is 16.6 Å². The SMILES string of the molecule is Cc1ccc(N)c(S(=O)Cc2c(F)cccc2Cl)c1. The van der Waals surface area contributed by atoms with Gasteiger partial charge in [0.2, 0.25) is 0 Å². The first kappa shape index (κ1) is 14.0. The van der Waals surface area contributed by atoms with E-state index in [9.17, 15) is 8.60 Å². The van der Waals surface area contributed by atoms with Crippen molar-refractivity contribution in [1.29, 1.82) is 0 Å². The van der Waals surface area contributed by atoms with Crippen LogP contribution in [0.5, 0.6) is 0 Å². The maximum atomic E-state index is 13.7. The van der Waals surface area contributed by atoms with Gasteiger partial charge < -0.3 is 5.73 Å². The zero-order valence-electron chi connectivity index (χ0n) is 10.3. The maximum absolute atomic E-state index is 13.7. The highest BCUT2D eigenvalue weighted by Gasteiger charge is 2.14. The van der Waals surface area contributed by atoms with E-state index in [1.165, 1.54) is 12.1 Å². The molecule has 2 nitrogen and oxygen atoms in total. The minimum absolute atomic E-state index is 0.0131. The van der Waals surface area contributed by atoms with E-state index in [1.54, 1.807) is 18.2 Å². The number of benzene rings is 2. The third-order valence-corrected chi connectivity index (χ3v) is 4.50. The van der Waals surface area contributed by atoms with Crippen LogP contribution in [0.4, 0.5) is 10.1 Å². The quantitative estimate of drug-likeness (QED) is 0.878. The Morgan fingerprint density at radius 2 is 2.05 bits per heavy atom. The van der Waals surface area contributed by atoms with Crippen LogP contribution in [0, 0.1) is 12.7 Å². The Hall–Kier alpha value is -1.39. The summed E-state index contributed by atoms with van der Waals surface area (Å²) in [5.74, 6) is -0.439. The smallest absolute Gasteiger partial charge is 0.128 e. The van der Waals surface area contributed by atoms with Gasteiger partial charge >= 0.3 is 0 Å². The Kier molecular flexibility index (Phi) is 4.22. The molecule has 0 aliphatic carbocycles. The van der Waals surface area contributed by atoms with Crippen molar-refractivity contribution in [3.8, 4) is 0 Å². The van der Waals surface area contributed by atoms with Crippen LogP contribution in [0.15, 0.2) is 41.3 Å². The first-order valence-electron chi connectivity index (χ1n) is 5.66. The molecule has 19 heavy (non-hydrogen) atoms. The molecule has 0 saturated carbocycles. The molecular formula is C14H13ClFNOS. The van der Waals surface area contributed by atoms with E-state index in [0.29, 0.717) is 10.6 Å². The van der Waals surface area contributed by atoms with Crippen LogP contribution in [0.2, 0.25) is 5.02 Å². The highest BCUT2D eigenvalue weighted by molar-refractivity contribution is 7.84. The Labute approximate surface area is 118 Å². The Morgan fingerprint density at radius 3 is 2.74 bits per heavy atom.